The van der Waals surface area contributed by atoms with Crippen LogP contribution in [0.1, 0.15) is 23.5 Å². The zero-order chi connectivity index (χ0) is 20.2. The molecule has 0 bridgehead atoms. The van der Waals surface area contributed by atoms with Crippen LogP contribution < -0.4 is 0 Å². The summed E-state index contributed by atoms with van der Waals surface area (Å²) in [6.07, 6.45) is 0. The molecule has 0 radical (unpaired) electrons. The number of likely N-dealkylation sites (N-methyl/N-ethyl adjacent to an activating group) is 1. The van der Waals surface area contributed by atoms with E-state index in [-0.39, 0.29) is 11.9 Å². The van der Waals surface area contributed by atoms with E-state index in [0.717, 1.165) is 38.2 Å². The Labute approximate surface area is 176 Å². The summed E-state index contributed by atoms with van der Waals surface area (Å²) in [4.78, 5) is 24.1. The summed E-state index contributed by atoms with van der Waals surface area (Å²) in [5.74, 6) is 0.181. The van der Waals surface area contributed by atoms with Gasteiger partial charge in [-0.25, -0.2) is 4.98 Å². The molecule has 1 atom stereocenters. The van der Waals surface area contributed by atoms with Crippen molar-refractivity contribution in [3.05, 3.63) is 65.2 Å². The average molecular weight is 409 g/mol. The number of aromatic nitrogens is 1. The molecule has 2 heterocycles. The Kier molecular flexibility index (Phi) is 6.23. The van der Waals surface area contributed by atoms with Crippen molar-refractivity contribution >= 4 is 27.5 Å². The number of rotatable bonds is 6. The summed E-state index contributed by atoms with van der Waals surface area (Å²) in [5.41, 5.74) is 2.26. The van der Waals surface area contributed by atoms with Gasteiger partial charge in [0.1, 0.15) is 5.01 Å². The van der Waals surface area contributed by atoms with Crippen LogP contribution in [0.25, 0.3) is 10.2 Å². The molecule has 0 saturated carbocycles. The molecule has 5 nitrogen and oxygen atoms in total. The van der Waals surface area contributed by atoms with Crippen molar-refractivity contribution in [2.45, 2.75) is 19.5 Å². The second-order valence-corrected chi connectivity index (χ2v) is 8.83. The van der Waals surface area contributed by atoms with Crippen molar-refractivity contribution < 1.29 is 4.79 Å². The van der Waals surface area contributed by atoms with Crippen LogP contribution in [0, 0.1) is 0 Å². The second-order valence-electron chi connectivity index (χ2n) is 7.72. The van der Waals surface area contributed by atoms with Gasteiger partial charge in [-0.1, -0.05) is 42.5 Å². The van der Waals surface area contributed by atoms with E-state index < -0.39 is 0 Å². The fourth-order valence-corrected chi connectivity index (χ4v) is 4.77. The lowest BCUT2D eigenvalue weighted by atomic mass is 10.1. The van der Waals surface area contributed by atoms with E-state index in [4.69, 9.17) is 4.98 Å². The van der Waals surface area contributed by atoms with Crippen molar-refractivity contribution in [2.75, 3.05) is 39.8 Å². The van der Waals surface area contributed by atoms with E-state index in [1.807, 2.05) is 36.2 Å². The maximum absolute atomic E-state index is 12.8. The Morgan fingerprint density at radius 3 is 2.41 bits per heavy atom. The van der Waals surface area contributed by atoms with Crippen LogP contribution >= 0.6 is 11.3 Å². The lowest BCUT2D eigenvalue weighted by molar-refractivity contribution is -0.133. The Morgan fingerprint density at radius 2 is 1.69 bits per heavy atom. The molecule has 1 aliphatic heterocycles. The number of hydrogen-bond acceptors (Lipinski definition) is 5. The standard InChI is InChI=1S/C23H28N4OS/c1-18(19-8-4-3-5-9-19)25(2)23(28)17-27-14-12-26(13-15-27)16-22-24-20-10-6-7-11-21(20)29-22/h3-11,18H,12-17H2,1-2H3/t18-/m0/s1. The van der Waals surface area contributed by atoms with E-state index in [0.29, 0.717) is 6.54 Å². The molecule has 1 fully saturated rings. The summed E-state index contributed by atoms with van der Waals surface area (Å²) >= 11 is 1.78. The van der Waals surface area contributed by atoms with Gasteiger partial charge >= 0.3 is 0 Å². The van der Waals surface area contributed by atoms with Gasteiger partial charge in [-0.2, -0.15) is 0 Å². The van der Waals surface area contributed by atoms with Crippen molar-refractivity contribution in [3.63, 3.8) is 0 Å². The highest BCUT2D eigenvalue weighted by molar-refractivity contribution is 7.18. The fraction of sp³-hybridized carbons (Fsp3) is 0.391. The van der Waals surface area contributed by atoms with Gasteiger partial charge in [-0.3, -0.25) is 14.6 Å². The zero-order valence-corrected chi connectivity index (χ0v) is 17.9. The van der Waals surface area contributed by atoms with Gasteiger partial charge in [-0.15, -0.1) is 11.3 Å². The van der Waals surface area contributed by atoms with E-state index in [9.17, 15) is 4.79 Å². The Balaban J connectivity index is 1.26. The second kappa shape index (κ2) is 9.03. The van der Waals surface area contributed by atoms with Gasteiger partial charge in [0.2, 0.25) is 5.91 Å². The fourth-order valence-electron chi connectivity index (χ4n) is 3.76. The number of amides is 1. The largest absolute Gasteiger partial charge is 0.338 e. The molecule has 6 heteroatoms. The third kappa shape index (κ3) is 4.83. The van der Waals surface area contributed by atoms with Crippen LogP contribution in [0.2, 0.25) is 0 Å². The Bertz CT molecular complexity index is 917. The highest BCUT2D eigenvalue weighted by Gasteiger charge is 2.23. The first kappa shape index (κ1) is 20.0. The number of nitrogens with zero attached hydrogens (tertiary/aromatic N) is 4. The predicted octanol–water partition coefficient (Wildman–Crippen LogP) is 3.63. The molecule has 0 spiro atoms. The number of benzene rings is 2. The summed E-state index contributed by atoms with van der Waals surface area (Å²) in [6, 6.07) is 18.6. The minimum Gasteiger partial charge on any atom is -0.338 e. The SMILES string of the molecule is C[C@@H](c1ccccc1)N(C)C(=O)CN1CCN(Cc2nc3ccccc3s2)CC1. The molecular formula is C23H28N4OS. The predicted molar refractivity (Wildman–Crippen MR) is 119 cm³/mol. The zero-order valence-electron chi connectivity index (χ0n) is 17.1. The third-order valence-electron chi connectivity index (χ3n) is 5.78. The molecule has 0 N–H and O–H groups in total. The smallest absolute Gasteiger partial charge is 0.236 e. The van der Waals surface area contributed by atoms with E-state index in [2.05, 4.69) is 47.1 Å². The maximum Gasteiger partial charge on any atom is 0.236 e. The topological polar surface area (TPSA) is 39.7 Å². The molecule has 0 unspecified atom stereocenters. The van der Waals surface area contributed by atoms with Crippen LogP contribution in [0.4, 0.5) is 0 Å². The molecule has 1 saturated heterocycles. The molecule has 4 rings (SSSR count). The van der Waals surface area contributed by atoms with Gasteiger partial charge in [0.15, 0.2) is 0 Å². The summed E-state index contributed by atoms with van der Waals surface area (Å²) in [5, 5.41) is 1.17. The number of piperazine rings is 1. The molecule has 29 heavy (non-hydrogen) atoms. The first-order valence-corrected chi connectivity index (χ1v) is 11.0. The van der Waals surface area contributed by atoms with Crippen molar-refractivity contribution in [3.8, 4) is 0 Å². The minimum atomic E-state index is 0.0871. The number of thiazole rings is 1. The highest BCUT2D eigenvalue weighted by atomic mass is 32.1. The van der Waals surface area contributed by atoms with E-state index in [1.54, 1.807) is 11.3 Å². The molecule has 0 aliphatic carbocycles. The number of carbonyl (C=O) groups excluding carboxylic acids is 1. The molecular weight excluding hydrogens is 380 g/mol. The van der Waals surface area contributed by atoms with Gasteiger partial charge in [0, 0.05) is 33.2 Å². The summed E-state index contributed by atoms with van der Waals surface area (Å²) < 4.78 is 1.25. The van der Waals surface area contributed by atoms with Gasteiger partial charge in [-0.05, 0) is 24.6 Å². The van der Waals surface area contributed by atoms with Gasteiger partial charge < -0.3 is 4.90 Å². The third-order valence-corrected chi connectivity index (χ3v) is 6.80. The number of carbonyl (C=O) groups is 1. The summed E-state index contributed by atoms with van der Waals surface area (Å²) in [7, 11) is 1.91. The van der Waals surface area contributed by atoms with Crippen LogP contribution in [-0.4, -0.2) is 65.4 Å². The highest BCUT2D eigenvalue weighted by Crippen LogP contribution is 2.23. The Morgan fingerprint density at radius 1 is 1.03 bits per heavy atom. The van der Waals surface area contributed by atoms with Gasteiger partial charge in [0.05, 0.1) is 29.3 Å². The van der Waals surface area contributed by atoms with E-state index >= 15 is 0 Å². The average Bonchev–Trinajstić information content (AvgIpc) is 3.17. The van der Waals surface area contributed by atoms with Gasteiger partial charge in [0.25, 0.3) is 0 Å². The molecule has 3 aromatic rings. The van der Waals surface area contributed by atoms with Crippen LogP contribution in [0.5, 0.6) is 0 Å². The summed E-state index contributed by atoms with van der Waals surface area (Å²) in [6.45, 7) is 7.26. The van der Waals surface area contributed by atoms with Crippen LogP contribution in [0.15, 0.2) is 54.6 Å². The lowest BCUT2D eigenvalue weighted by Crippen LogP contribution is -2.49. The van der Waals surface area contributed by atoms with Crippen LogP contribution in [0.3, 0.4) is 0 Å². The van der Waals surface area contributed by atoms with E-state index in [1.165, 1.54) is 15.3 Å². The lowest BCUT2D eigenvalue weighted by Gasteiger charge is -2.35. The first-order valence-electron chi connectivity index (χ1n) is 10.2. The molecule has 1 aliphatic rings. The molecule has 152 valence electrons. The normalized spacial score (nSPS) is 16.8. The van der Waals surface area contributed by atoms with Crippen molar-refractivity contribution in [1.29, 1.82) is 0 Å². The molecule has 2 aromatic carbocycles. The first-order chi connectivity index (χ1) is 14.1. The number of hydrogen-bond donors (Lipinski definition) is 0. The molecule has 1 aromatic heterocycles. The van der Waals surface area contributed by atoms with Crippen molar-refractivity contribution in [1.82, 2.24) is 19.7 Å². The number of para-hydroxylation sites is 1. The quantitative estimate of drug-likeness (QED) is 0.624. The molecule has 1 amide bonds. The van der Waals surface area contributed by atoms with Crippen molar-refractivity contribution in [2.24, 2.45) is 0 Å². The number of fused-ring (bicyclic) bond motifs is 1. The monoisotopic (exact) mass is 408 g/mol. The van der Waals surface area contributed by atoms with Crippen LogP contribution in [-0.2, 0) is 11.3 Å². The Hall–Kier alpha value is -2.28. The maximum atomic E-state index is 12.8. The minimum absolute atomic E-state index is 0.0871.